The van der Waals surface area contributed by atoms with Gasteiger partial charge in [-0.2, -0.15) is 0 Å². The maximum atomic E-state index is 12.2. The van der Waals surface area contributed by atoms with Crippen molar-refractivity contribution in [2.24, 2.45) is 17.3 Å². The number of carbonyl (C=O) groups is 2. The molecule has 7 nitrogen and oxygen atoms in total. The van der Waals surface area contributed by atoms with Crippen LogP contribution in [0.5, 0.6) is 0 Å². The zero-order valence-electron chi connectivity index (χ0n) is 16.9. The molecule has 1 saturated carbocycles. The summed E-state index contributed by atoms with van der Waals surface area (Å²) in [4.78, 5) is 22.8. The van der Waals surface area contributed by atoms with Gasteiger partial charge in [-0.25, -0.2) is 0 Å². The second kappa shape index (κ2) is 10.5. The van der Waals surface area contributed by atoms with Crippen LogP contribution in [0, 0.1) is 17.3 Å². The maximum absolute atomic E-state index is 12.2. The molecule has 0 amide bonds. The van der Waals surface area contributed by atoms with E-state index in [1.54, 1.807) is 12.2 Å². The Balaban J connectivity index is 1.81. The van der Waals surface area contributed by atoms with Crippen molar-refractivity contribution in [3.63, 3.8) is 0 Å². The number of hydrogen-bond donors (Lipinski definition) is 3. The second-order valence-electron chi connectivity index (χ2n) is 8.80. The summed E-state index contributed by atoms with van der Waals surface area (Å²) >= 11 is 0. The number of unbranched alkanes of at least 4 members (excludes halogenated alkanes) is 3. The van der Waals surface area contributed by atoms with Crippen LogP contribution in [0.15, 0.2) is 12.2 Å². The van der Waals surface area contributed by atoms with E-state index in [0.29, 0.717) is 26.1 Å². The van der Waals surface area contributed by atoms with Crippen LogP contribution in [-0.2, 0) is 19.1 Å². The molecular formula is C21H34O7. The molecule has 7 heteroatoms. The monoisotopic (exact) mass is 398 g/mol. The fourth-order valence-corrected chi connectivity index (χ4v) is 3.82. The lowest BCUT2D eigenvalue weighted by Gasteiger charge is -2.35. The third-order valence-corrected chi connectivity index (χ3v) is 5.47. The molecule has 1 aliphatic heterocycles. The molecule has 0 unspecified atom stereocenters. The predicted molar refractivity (Wildman–Crippen MR) is 103 cm³/mol. The number of carboxylic acids is 1. The van der Waals surface area contributed by atoms with Gasteiger partial charge in [0, 0.05) is 30.1 Å². The van der Waals surface area contributed by atoms with Crippen LogP contribution in [0.1, 0.15) is 58.8 Å². The van der Waals surface area contributed by atoms with Gasteiger partial charge in [-0.15, -0.1) is 0 Å². The first-order chi connectivity index (χ1) is 13.2. The van der Waals surface area contributed by atoms with Crippen LogP contribution in [-0.4, -0.2) is 58.8 Å². The number of rotatable bonds is 10. The van der Waals surface area contributed by atoms with Crippen molar-refractivity contribution < 1.29 is 34.4 Å². The smallest absolute Gasteiger partial charge is 0.303 e. The zero-order valence-corrected chi connectivity index (χ0v) is 16.9. The highest BCUT2D eigenvalue weighted by Crippen LogP contribution is 2.34. The number of carbonyl (C=O) groups excluding carboxylic acids is 1. The molecule has 160 valence electrons. The van der Waals surface area contributed by atoms with Gasteiger partial charge in [0.25, 0.3) is 0 Å². The van der Waals surface area contributed by atoms with Gasteiger partial charge in [0.05, 0.1) is 19.3 Å². The van der Waals surface area contributed by atoms with Crippen molar-refractivity contribution in [3.8, 4) is 0 Å². The molecule has 0 aromatic rings. The molecule has 1 aliphatic carbocycles. The Bertz CT molecular complexity index is 547. The molecule has 0 aromatic carbocycles. The highest BCUT2D eigenvalue weighted by molar-refractivity contribution is 5.84. The Hall–Kier alpha value is -1.28. The van der Waals surface area contributed by atoms with Crippen LogP contribution >= 0.6 is 0 Å². The van der Waals surface area contributed by atoms with E-state index in [4.69, 9.17) is 14.6 Å². The molecule has 1 heterocycles. The van der Waals surface area contributed by atoms with Crippen LogP contribution in [0.2, 0.25) is 0 Å². The zero-order chi connectivity index (χ0) is 20.7. The predicted octanol–water partition coefficient (Wildman–Crippen LogP) is 2.29. The molecule has 2 aliphatic rings. The Morgan fingerprint density at radius 1 is 1.21 bits per heavy atom. The minimum atomic E-state index is -0.948. The van der Waals surface area contributed by atoms with Gasteiger partial charge in [-0.3, -0.25) is 9.59 Å². The average molecular weight is 398 g/mol. The van der Waals surface area contributed by atoms with Gasteiger partial charge in [0.2, 0.25) is 0 Å². The third-order valence-electron chi connectivity index (χ3n) is 5.47. The summed E-state index contributed by atoms with van der Waals surface area (Å²) in [5.41, 5.74) is -0.0798. The van der Waals surface area contributed by atoms with Crippen LogP contribution < -0.4 is 0 Å². The minimum Gasteiger partial charge on any atom is -0.481 e. The van der Waals surface area contributed by atoms with Gasteiger partial charge in [-0.05, 0) is 12.8 Å². The van der Waals surface area contributed by atoms with Crippen molar-refractivity contribution >= 4 is 11.8 Å². The first-order valence-electron chi connectivity index (χ1n) is 10.2. The quantitative estimate of drug-likeness (QED) is 0.382. The lowest BCUT2D eigenvalue weighted by Crippen LogP contribution is -2.43. The number of Topliss-reactive ketones (excluding diaryl/α,β-unsaturated/α-hetero) is 1. The molecule has 1 saturated heterocycles. The Morgan fingerprint density at radius 2 is 1.86 bits per heavy atom. The number of ether oxygens (including phenoxy) is 2. The van der Waals surface area contributed by atoms with Gasteiger partial charge in [-0.1, -0.05) is 45.3 Å². The van der Waals surface area contributed by atoms with E-state index in [1.807, 2.05) is 13.8 Å². The van der Waals surface area contributed by atoms with E-state index in [0.717, 1.165) is 19.3 Å². The summed E-state index contributed by atoms with van der Waals surface area (Å²) in [5.74, 6) is -1.31. The SMILES string of the molecule is CC1(C)COC([C@H](O)/C=C/[C@H]2[C@H](O)CC(=O)[C@@H]2CCCCCCC(=O)O)OC1. The van der Waals surface area contributed by atoms with Gasteiger partial charge < -0.3 is 24.8 Å². The number of hydrogen-bond acceptors (Lipinski definition) is 6. The number of aliphatic hydroxyl groups is 2. The Kier molecular flexibility index (Phi) is 8.61. The van der Waals surface area contributed by atoms with Crippen molar-refractivity contribution in [3.05, 3.63) is 12.2 Å². The molecule has 0 spiro atoms. The van der Waals surface area contributed by atoms with Crippen LogP contribution in [0.3, 0.4) is 0 Å². The van der Waals surface area contributed by atoms with E-state index in [1.165, 1.54) is 0 Å². The Labute approximate surface area is 166 Å². The molecule has 4 atom stereocenters. The summed E-state index contributed by atoms with van der Waals surface area (Å²) in [7, 11) is 0. The van der Waals surface area contributed by atoms with Crippen LogP contribution in [0.25, 0.3) is 0 Å². The maximum Gasteiger partial charge on any atom is 0.303 e. The van der Waals surface area contributed by atoms with Crippen molar-refractivity contribution in [1.29, 1.82) is 0 Å². The first-order valence-corrected chi connectivity index (χ1v) is 10.2. The van der Waals surface area contributed by atoms with Crippen LogP contribution in [0.4, 0.5) is 0 Å². The van der Waals surface area contributed by atoms with E-state index >= 15 is 0 Å². The van der Waals surface area contributed by atoms with E-state index in [2.05, 4.69) is 0 Å². The number of ketones is 1. The summed E-state index contributed by atoms with van der Waals surface area (Å²) in [6.07, 6.45) is 5.00. The number of aliphatic carboxylic acids is 1. The molecule has 0 aromatic heterocycles. The highest BCUT2D eigenvalue weighted by atomic mass is 16.7. The van der Waals surface area contributed by atoms with Gasteiger partial charge in [0.15, 0.2) is 6.29 Å². The summed E-state index contributed by atoms with van der Waals surface area (Å²) in [5, 5.41) is 29.2. The summed E-state index contributed by atoms with van der Waals surface area (Å²) < 4.78 is 11.1. The molecule has 28 heavy (non-hydrogen) atoms. The normalized spacial score (nSPS) is 29.4. The molecule has 0 bridgehead atoms. The molecule has 0 radical (unpaired) electrons. The molecule has 3 N–H and O–H groups in total. The summed E-state index contributed by atoms with van der Waals surface area (Å²) in [6.45, 7) is 5.05. The van der Waals surface area contributed by atoms with Crippen molar-refractivity contribution in [2.75, 3.05) is 13.2 Å². The van der Waals surface area contributed by atoms with Crippen molar-refractivity contribution in [1.82, 2.24) is 0 Å². The first kappa shape index (κ1) is 23.0. The average Bonchev–Trinajstić information content (AvgIpc) is 2.88. The number of carboxylic acid groups (broad SMARTS) is 1. The molecule has 2 rings (SSSR count). The fourth-order valence-electron chi connectivity index (χ4n) is 3.82. The lowest BCUT2D eigenvalue weighted by atomic mass is 9.88. The standard InChI is InChI=1S/C21H34O7/c1-21(2)12-27-20(28-13-21)16(22)10-9-15-14(17(23)11-18(15)24)7-5-3-4-6-8-19(25)26/h9-10,14-16,18,20,22,24H,3-8,11-13H2,1-2H3,(H,25,26)/b10-9+/t14-,15-,16-,18-/m1/s1. The molecule has 2 fully saturated rings. The fraction of sp³-hybridized carbons (Fsp3) is 0.810. The third kappa shape index (κ3) is 6.95. The highest BCUT2D eigenvalue weighted by Gasteiger charge is 2.40. The topological polar surface area (TPSA) is 113 Å². The summed E-state index contributed by atoms with van der Waals surface area (Å²) in [6, 6.07) is 0. The Morgan fingerprint density at radius 3 is 2.50 bits per heavy atom. The van der Waals surface area contributed by atoms with E-state index in [-0.39, 0.29) is 35.9 Å². The van der Waals surface area contributed by atoms with Crippen molar-refractivity contribution in [2.45, 2.75) is 77.3 Å². The minimum absolute atomic E-state index is 0.0501. The largest absolute Gasteiger partial charge is 0.481 e. The molecular weight excluding hydrogens is 364 g/mol. The van der Waals surface area contributed by atoms with Gasteiger partial charge in [0.1, 0.15) is 11.9 Å². The van der Waals surface area contributed by atoms with E-state index in [9.17, 15) is 19.8 Å². The van der Waals surface area contributed by atoms with Gasteiger partial charge >= 0.3 is 5.97 Å². The van der Waals surface area contributed by atoms with E-state index < -0.39 is 24.5 Å². The second-order valence-corrected chi connectivity index (χ2v) is 8.80. The number of aliphatic hydroxyl groups excluding tert-OH is 2. The lowest BCUT2D eigenvalue weighted by molar-refractivity contribution is -0.248.